The summed E-state index contributed by atoms with van der Waals surface area (Å²) in [6.45, 7) is 3.95. The van der Waals surface area contributed by atoms with Gasteiger partial charge in [0.15, 0.2) is 5.71 Å². The Kier molecular flexibility index (Phi) is 3.92. The third-order valence-corrected chi connectivity index (χ3v) is 3.72. The maximum Gasteiger partial charge on any atom is 0.285 e. The van der Waals surface area contributed by atoms with Crippen LogP contribution in [-0.4, -0.2) is 17.7 Å². The lowest BCUT2D eigenvalue weighted by Crippen LogP contribution is -2.25. The molecule has 4 heteroatoms. The third kappa shape index (κ3) is 2.48. The van der Waals surface area contributed by atoms with Crippen molar-refractivity contribution in [2.75, 3.05) is 4.90 Å². The second-order valence-corrected chi connectivity index (χ2v) is 5.26. The molecule has 1 heterocycles. The van der Waals surface area contributed by atoms with Gasteiger partial charge in [-0.3, -0.25) is 9.69 Å². The molecule has 0 spiro atoms. The molecule has 0 N–H and O–H groups in total. The average Bonchev–Trinajstić information content (AvgIpc) is 2.85. The van der Waals surface area contributed by atoms with Crippen LogP contribution in [0.3, 0.4) is 0 Å². The minimum absolute atomic E-state index is 0.0155. The summed E-state index contributed by atoms with van der Waals surface area (Å²) in [4.78, 5) is 19.9. The quantitative estimate of drug-likeness (QED) is 0.803. The fraction of sp³-hybridized carbons (Fsp3) is 0.222. The molecule has 0 aliphatic carbocycles. The molecule has 3 rings (SSSR count). The Morgan fingerprint density at radius 3 is 2.50 bits per heavy atom. The highest BCUT2D eigenvalue weighted by Gasteiger charge is 2.35. The van der Waals surface area contributed by atoms with Crippen molar-refractivity contribution < 1.29 is 9.63 Å². The van der Waals surface area contributed by atoms with Gasteiger partial charge in [-0.15, -0.1) is 0 Å². The second kappa shape index (κ2) is 6.02. The molecular formula is C18H18N2O2. The molecule has 0 saturated heterocycles. The van der Waals surface area contributed by atoms with E-state index in [0.29, 0.717) is 5.71 Å². The first-order valence-electron chi connectivity index (χ1n) is 7.45. The Labute approximate surface area is 130 Å². The number of rotatable bonds is 4. The Hall–Kier alpha value is -2.62. The van der Waals surface area contributed by atoms with Gasteiger partial charge in [0.1, 0.15) is 6.10 Å². The number of nitrogens with zero attached hydrogens (tertiary/aromatic N) is 2. The van der Waals surface area contributed by atoms with Crippen molar-refractivity contribution in [2.24, 2.45) is 5.16 Å². The van der Waals surface area contributed by atoms with E-state index in [9.17, 15) is 4.79 Å². The number of oxime groups is 1. The maximum atomic E-state index is 12.8. The molecule has 1 amide bonds. The number of para-hydroxylation sites is 2. The van der Waals surface area contributed by atoms with Crippen LogP contribution in [0.2, 0.25) is 0 Å². The summed E-state index contributed by atoms with van der Waals surface area (Å²) in [6.07, 6.45) is 0.827. The van der Waals surface area contributed by atoms with Gasteiger partial charge in [-0.25, -0.2) is 0 Å². The van der Waals surface area contributed by atoms with Crippen molar-refractivity contribution in [3.63, 3.8) is 0 Å². The summed E-state index contributed by atoms with van der Waals surface area (Å²) >= 11 is 0. The lowest BCUT2D eigenvalue weighted by molar-refractivity contribution is -0.111. The molecule has 1 aliphatic rings. The van der Waals surface area contributed by atoms with Gasteiger partial charge in [-0.1, -0.05) is 48.5 Å². The summed E-state index contributed by atoms with van der Waals surface area (Å²) < 4.78 is 0. The zero-order chi connectivity index (χ0) is 15.5. The van der Waals surface area contributed by atoms with E-state index in [1.165, 1.54) is 0 Å². The Bertz CT molecular complexity index is 710. The fourth-order valence-electron chi connectivity index (χ4n) is 2.34. The van der Waals surface area contributed by atoms with Crippen LogP contribution < -0.4 is 4.90 Å². The molecule has 2 aromatic carbocycles. The van der Waals surface area contributed by atoms with E-state index < -0.39 is 0 Å². The molecule has 0 fully saturated rings. The summed E-state index contributed by atoms with van der Waals surface area (Å²) in [5.41, 5.74) is 2.83. The Morgan fingerprint density at radius 1 is 1.09 bits per heavy atom. The predicted molar refractivity (Wildman–Crippen MR) is 87.4 cm³/mol. The summed E-state index contributed by atoms with van der Waals surface area (Å²) in [7, 11) is 0. The standard InChI is InChI=1S/C18H18N2O2/c1-3-13(2)22-19-17-15-11-7-8-12-16(15)20(18(17)21)14-9-5-4-6-10-14/h4-13H,3H2,1-2H3/b19-17+/t13-/m1/s1. The van der Waals surface area contributed by atoms with E-state index in [2.05, 4.69) is 5.16 Å². The summed E-state index contributed by atoms with van der Waals surface area (Å²) in [5.74, 6) is -0.157. The van der Waals surface area contributed by atoms with Gasteiger partial charge in [-0.05, 0) is 31.5 Å². The summed E-state index contributed by atoms with van der Waals surface area (Å²) in [6, 6.07) is 17.2. The molecular weight excluding hydrogens is 276 g/mol. The Morgan fingerprint density at radius 2 is 1.77 bits per heavy atom. The summed E-state index contributed by atoms with van der Waals surface area (Å²) in [5, 5.41) is 4.12. The van der Waals surface area contributed by atoms with Crippen molar-refractivity contribution in [1.29, 1.82) is 0 Å². The zero-order valence-electron chi connectivity index (χ0n) is 12.7. The van der Waals surface area contributed by atoms with E-state index in [4.69, 9.17) is 4.84 Å². The van der Waals surface area contributed by atoms with E-state index in [0.717, 1.165) is 23.4 Å². The molecule has 2 aromatic rings. The molecule has 0 saturated carbocycles. The molecule has 0 radical (unpaired) electrons. The van der Waals surface area contributed by atoms with Crippen molar-refractivity contribution in [2.45, 2.75) is 26.4 Å². The van der Waals surface area contributed by atoms with Crippen LogP contribution in [-0.2, 0) is 9.63 Å². The van der Waals surface area contributed by atoms with Gasteiger partial charge in [-0.2, -0.15) is 0 Å². The van der Waals surface area contributed by atoms with Crippen LogP contribution >= 0.6 is 0 Å². The van der Waals surface area contributed by atoms with E-state index >= 15 is 0 Å². The molecule has 0 bridgehead atoms. The number of fused-ring (bicyclic) bond motifs is 1. The van der Waals surface area contributed by atoms with Crippen molar-refractivity contribution in [3.05, 3.63) is 60.2 Å². The fourth-order valence-corrected chi connectivity index (χ4v) is 2.34. The zero-order valence-corrected chi connectivity index (χ0v) is 12.7. The first-order valence-corrected chi connectivity index (χ1v) is 7.45. The van der Waals surface area contributed by atoms with Gasteiger partial charge in [0.05, 0.1) is 5.69 Å². The number of anilines is 2. The normalized spacial score (nSPS) is 16.7. The number of carbonyl (C=O) groups excluding carboxylic acids is 1. The van der Waals surface area contributed by atoms with Crippen molar-refractivity contribution >= 4 is 23.0 Å². The second-order valence-electron chi connectivity index (χ2n) is 5.26. The number of hydrogen-bond acceptors (Lipinski definition) is 3. The third-order valence-electron chi connectivity index (χ3n) is 3.72. The molecule has 1 atom stereocenters. The topological polar surface area (TPSA) is 41.9 Å². The molecule has 22 heavy (non-hydrogen) atoms. The van der Waals surface area contributed by atoms with Gasteiger partial charge in [0.2, 0.25) is 0 Å². The highest BCUT2D eigenvalue weighted by atomic mass is 16.6. The number of amides is 1. The van der Waals surface area contributed by atoms with Crippen LogP contribution in [0.4, 0.5) is 11.4 Å². The van der Waals surface area contributed by atoms with E-state index in [-0.39, 0.29) is 12.0 Å². The smallest absolute Gasteiger partial charge is 0.285 e. The molecule has 112 valence electrons. The number of carbonyl (C=O) groups is 1. The molecule has 1 aliphatic heterocycles. The van der Waals surface area contributed by atoms with Crippen LogP contribution in [0.5, 0.6) is 0 Å². The van der Waals surface area contributed by atoms with Crippen LogP contribution in [0.15, 0.2) is 59.8 Å². The van der Waals surface area contributed by atoms with E-state index in [1.807, 2.05) is 68.4 Å². The van der Waals surface area contributed by atoms with Gasteiger partial charge in [0.25, 0.3) is 5.91 Å². The van der Waals surface area contributed by atoms with Gasteiger partial charge < -0.3 is 4.84 Å². The van der Waals surface area contributed by atoms with Gasteiger partial charge >= 0.3 is 0 Å². The van der Waals surface area contributed by atoms with Gasteiger partial charge in [0, 0.05) is 11.3 Å². The van der Waals surface area contributed by atoms with Crippen molar-refractivity contribution in [1.82, 2.24) is 0 Å². The van der Waals surface area contributed by atoms with Crippen molar-refractivity contribution in [3.8, 4) is 0 Å². The highest BCUT2D eigenvalue weighted by molar-refractivity contribution is 6.55. The molecule has 0 unspecified atom stereocenters. The van der Waals surface area contributed by atoms with Crippen LogP contribution in [0.25, 0.3) is 0 Å². The number of hydrogen-bond donors (Lipinski definition) is 0. The lowest BCUT2D eigenvalue weighted by atomic mass is 10.1. The highest BCUT2D eigenvalue weighted by Crippen LogP contribution is 2.35. The lowest BCUT2D eigenvalue weighted by Gasteiger charge is -2.16. The maximum absolute atomic E-state index is 12.8. The molecule has 0 aromatic heterocycles. The first-order chi connectivity index (χ1) is 10.7. The SMILES string of the molecule is CC[C@@H](C)O/N=C1/C(=O)N(c2ccccc2)c2ccccc21. The minimum Gasteiger partial charge on any atom is -0.392 e. The first kappa shape index (κ1) is 14.3. The molecule has 4 nitrogen and oxygen atoms in total. The largest absolute Gasteiger partial charge is 0.392 e. The van der Waals surface area contributed by atoms with Crippen LogP contribution in [0, 0.1) is 0 Å². The average molecular weight is 294 g/mol. The Balaban J connectivity index is 2.04. The minimum atomic E-state index is -0.157. The number of benzene rings is 2. The van der Waals surface area contributed by atoms with E-state index in [1.54, 1.807) is 4.90 Å². The predicted octanol–water partition coefficient (Wildman–Crippen LogP) is 3.88. The van der Waals surface area contributed by atoms with Crippen LogP contribution in [0.1, 0.15) is 25.8 Å². The monoisotopic (exact) mass is 294 g/mol.